The Morgan fingerprint density at radius 1 is 1.19 bits per heavy atom. The third-order valence-corrected chi connectivity index (χ3v) is 9.25. The Balaban J connectivity index is 1.35. The van der Waals surface area contributed by atoms with E-state index in [2.05, 4.69) is 9.88 Å². The summed E-state index contributed by atoms with van der Waals surface area (Å²) < 4.78 is 83.0. The quantitative estimate of drug-likeness (QED) is 0.407. The minimum Gasteiger partial charge on any atom is -0.375 e. The highest BCUT2D eigenvalue weighted by Gasteiger charge is 2.47. The lowest BCUT2D eigenvalue weighted by Gasteiger charge is -2.33. The van der Waals surface area contributed by atoms with Crippen LogP contribution in [0.4, 0.5) is 24.7 Å². The van der Waals surface area contributed by atoms with Crippen molar-refractivity contribution >= 4 is 33.1 Å². The van der Waals surface area contributed by atoms with Crippen LogP contribution in [-0.4, -0.2) is 75.9 Å². The van der Waals surface area contributed by atoms with Gasteiger partial charge in [-0.15, -0.1) is 0 Å². The van der Waals surface area contributed by atoms with Crippen molar-refractivity contribution in [2.75, 3.05) is 56.1 Å². The van der Waals surface area contributed by atoms with Gasteiger partial charge >= 0.3 is 0 Å². The lowest BCUT2D eigenvalue weighted by atomic mass is 9.99. The number of ether oxygens (including phenoxy) is 2. The van der Waals surface area contributed by atoms with Crippen molar-refractivity contribution in [1.82, 2.24) is 9.88 Å². The molecule has 202 valence electrons. The predicted molar refractivity (Wildman–Crippen MR) is 132 cm³/mol. The van der Waals surface area contributed by atoms with Gasteiger partial charge in [0.1, 0.15) is 16.7 Å². The summed E-state index contributed by atoms with van der Waals surface area (Å²) in [4.78, 5) is 6.12. The first-order valence-electron chi connectivity index (χ1n) is 12.0. The molecule has 3 saturated heterocycles. The number of halogens is 4. The van der Waals surface area contributed by atoms with Crippen LogP contribution in [0.25, 0.3) is 0 Å². The molecular formula is C24H28ClF3N4O4S. The van der Waals surface area contributed by atoms with Crippen molar-refractivity contribution in [3.63, 3.8) is 0 Å². The van der Waals surface area contributed by atoms with E-state index in [0.717, 1.165) is 57.2 Å². The van der Waals surface area contributed by atoms with E-state index in [9.17, 15) is 12.8 Å². The number of likely N-dealkylation sites (tertiary alicyclic amines) is 1. The summed E-state index contributed by atoms with van der Waals surface area (Å²) in [6.45, 7) is 3.86. The van der Waals surface area contributed by atoms with Crippen molar-refractivity contribution < 1.29 is 31.1 Å². The van der Waals surface area contributed by atoms with Gasteiger partial charge < -0.3 is 14.4 Å². The van der Waals surface area contributed by atoms with Gasteiger partial charge in [-0.25, -0.2) is 22.2 Å². The molecule has 0 bridgehead atoms. The molecule has 3 aliphatic heterocycles. The van der Waals surface area contributed by atoms with Gasteiger partial charge in [0.05, 0.1) is 16.9 Å². The Hall–Kier alpha value is -2.12. The molecule has 13 heteroatoms. The minimum absolute atomic E-state index is 0.0374. The second kappa shape index (κ2) is 9.88. The maximum atomic E-state index is 15.3. The SMILES string of the molecule is CO[C@@]1(CN2CCC3(CCCO3)C2)CCN(c2cc(F)c(S(=O)(=O)Nc3cccc(F)n3)c(F)c2Cl)C1. The Bertz CT molecular complexity index is 1290. The molecule has 2 aromatic rings. The van der Waals surface area contributed by atoms with Gasteiger partial charge in [-0.05, 0) is 37.8 Å². The molecule has 4 heterocycles. The molecule has 3 fully saturated rings. The van der Waals surface area contributed by atoms with Gasteiger partial charge in [0.25, 0.3) is 10.0 Å². The number of rotatable bonds is 7. The third-order valence-electron chi connectivity index (χ3n) is 7.50. The molecule has 8 nitrogen and oxygen atoms in total. The second-order valence-electron chi connectivity index (χ2n) is 9.94. The van der Waals surface area contributed by atoms with Gasteiger partial charge in [0.2, 0.25) is 5.95 Å². The monoisotopic (exact) mass is 560 g/mol. The maximum Gasteiger partial charge on any atom is 0.268 e. The van der Waals surface area contributed by atoms with E-state index in [0.29, 0.717) is 26.1 Å². The average Bonchev–Trinajstić information content (AvgIpc) is 3.57. The number of benzene rings is 1. The van der Waals surface area contributed by atoms with E-state index in [1.165, 1.54) is 6.07 Å². The highest BCUT2D eigenvalue weighted by Crippen LogP contribution is 2.40. The summed E-state index contributed by atoms with van der Waals surface area (Å²) in [5.41, 5.74) is -0.634. The number of hydrogen-bond acceptors (Lipinski definition) is 7. The van der Waals surface area contributed by atoms with Crippen LogP contribution >= 0.6 is 11.6 Å². The lowest BCUT2D eigenvalue weighted by molar-refractivity contribution is -0.0273. The number of aromatic nitrogens is 1. The molecule has 1 aromatic carbocycles. The Kier molecular flexibility index (Phi) is 7.07. The number of pyridine rings is 1. The number of methoxy groups -OCH3 is 1. The highest BCUT2D eigenvalue weighted by molar-refractivity contribution is 7.92. The lowest BCUT2D eigenvalue weighted by Crippen LogP contribution is -2.47. The first-order chi connectivity index (χ1) is 17.6. The van der Waals surface area contributed by atoms with Crippen LogP contribution < -0.4 is 9.62 Å². The van der Waals surface area contributed by atoms with Crippen LogP contribution in [0.1, 0.15) is 25.7 Å². The zero-order valence-corrected chi connectivity index (χ0v) is 21.8. The number of nitrogens with one attached hydrogen (secondary N) is 1. The molecule has 1 unspecified atom stereocenters. The van der Waals surface area contributed by atoms with Gasteiger partial charge in [-0.3, -0.25) is 9.62 Å². The summed E-state index contributed by atoms with van der Waals surface area (Å²) in [6, 6.07) is 4.27. The van der Waals surface area contributed by atoms with Crippen molar-refractivity contribution in [3.05, 3.63) is 46.9 Å². The fourth-order valence-electron chi connectivity index (χ4n) is 5.65. The number of sulfonamides is 1. The van der Waals surface area contributed by atoms with Crippen molar-refractivity contribution in [2.24, 2.45) is 0 Å². The Morgan fingerprint density at radius 2 is 2.00 bits per heavy atom. The highest BCUT2D eigenvalue weighted by atomic mass is 35.5. The first kappa shape index (κ1) is 26.5. The minimum atomic E-state index is -4.78. The van der Waals surface area contributed by atoms with Crippen molar-refractivity contribution in [1.29, 1.82) is 0 Å². The van der Waals surface area contributed by atoms with E-state index in [-0.39, 0.29) is 11.3 Å². The molecule has 0 radical (unpaired) electrons. The van der Waals surface area contributed by atoms with E-state index in [1.807, 2.05) is 4.72 Å². The molecule has 0 saturated carbocycles. The molecule has 5 rings (SSSR count). The molecule has 3 aliphatic rings. The number of nitrogens with zero attached hydrogens (tertiary/aromatic N) is 3. The van der Waals surface area contributed by atoms with Crippen LogP contribution in [0.3, 0.4) is 0 Å². The number of anilines is 2. The summed E-state index contributed by atoms with van der Waals surface area (Å²) >= 11 is 6.25. The standard InChI is InChI=1S/C24H28ClF3N4O4S/c1-35-24(14-31-9-7-23(13-31)6-3-11-36-23)8-10-32(15-24)17-12-16(26)22(21(28)20(17)25)37(33,34)30-19-5-2-4-18(27)29-19/h2,4-5,12H,3,6-11,13-15H2,1H3,(H,29,30)/t23?,24-/m1/s1. The zero-order valence-electron chi connectivity index (χ0n) is 20.3. The fourth-order valence-corrected chi connectivity index (χ4v) is 7.12. The summed E-state index contributed by atoms with van der Waals surface area (Å²) in [5, 5.41) is -0.527. The molecule has 1 aromatic heterocycles. The van der Waals surface area contributed by atoms with Crippen molar-refractivity contribution in [2.45, 2.75) is 41.8 Å². The summed E-state index contributed by atoms with van der Waals surface area (Å²) in [5.74, 6) is -4.13. The van der Waals surface area contributed by atoms with Crippen LogP contribution in [0.2, 0.25) is 5.02 Å². The zero-order chi connectivity index (χ0) is 26.4. The van der Waals surface area contributed by atoms with Gasteiger partial charge in [0.15, 0.2) is 10.7 Å². The van der Waals surface area contributed by atoms with Crippen LogP contribution in [0.15, 0.2) is 29.2 Å². The maximum absolute atomic E-state index is 15.3. The van der Waals surface area contributed by atoms with Crippen LogP contribution in [0.5, 0.6) is 0 Å². The summed E-state index contributed by atoms with van der Waals surface area (Å²) in [7, 11) is -3.17. The predicted octanol–water partition coefficient (Wildman–Crippen LogP) is 3.80. The van der Waals surface area contributed by atoms with Gasteiger partial charge in [-0.2, -0.15) is 4.39 Å². The molecule has 1 spiro atoms. The molecule has 37 heavy (non-hydrogen) atoms. The van der Waals surface area contributed by atoms with Crippen molar-refractivity contribution in [3.8, 4) is 0 Å². The largest absolute Gasteiger partial charge is 0.375 e. The van der Waals surface area contributed by atoms with Gasteiger partial charge in [-0.1, -0.05) is 17.7 Å². The second-order valence-corrected chi connectivity index (χ2v) is 11.9. The molecule has 0 aliphatic carbocycles. The van der Waals surface area contributed by atoms with E-state index < -0.39 is 48.9 Å². The molecule has 0 amide bonds. The molecule has 1 N–H and O–H groups in total. The first-order valence-corrected chi connectivity index (χ1v) is 13.9. The average molecular weight is 561 g/mol. The number of hydrogen-bond donors (Lipinski definition) is 1. The van der Waals surface area contributed by atoms with E-state index in [1.54, 1.807) is 12.0 Å². The van der Waals surface area contributed by atoms with E-state index >= 15 is 8.78 Å². The fraction of sp³-hybridized carbons (Fsp3) is 0.542. The van der Waals surface area contributed by atoms with Crippen LogP contribution in [0, 0.1) is 17.6 Å². The van der Waals surface area contributed by atoms with E-state index in [4.69, 9.17) is 21.1 Å². The topological polar surface area (TPSA) is 84.0 Å². The normalized spacial score (nSPS) is 26.5. The smallest absolute Gasteiger partial charge is 0.268 e. The summed E-state index contributed by atoms with van der Waals surface area (Å²) in [6.07, 6.45) is 3.67. The Morgan fingerprint density at radius 3 is 2.70 bits per heavy atom. The van der Waals surface area contributed by atoms with Crippen LogP contribution in [-0.2, 0) is 19.5 Å². The Labute approximate surface area is 218 Å². The molecular weight excluding hydrogens is 533 g/mol. The van der Waals surface area contributed by atoms with Gasteiger partial charge in [0, 0.05) is 52.5 Å². The molecule has 2 atom stereocenters. The third kappa shape index (κ3) is 5.14.